The van der Waals surface area contributed by atoms with Crippen LogP contribution in [-0.4, -0.2) is 11.7 Å². The number of rotatable bonds is 4. The maximum absolute atomic E-state index is 9.45. The first-order chi connectivity index (χ1) is 7.19. The molecule has 15 heavy (non-hydrogen) atoms. The summed E-state index contributed by atoms with van der Waals surface area (Å²) < 4.78 is 5.22. The van der Waals surface area contributed by atoms with Crippen molar-refractivity contribution in [3.05, 3.63) is 23.8 Å². The molecule has 0 fully saturated rings. The molecule has 4 heteroatoms. The number of ether oxygens (including phenoxy) is 1. The predicted molar refractivity (Wildman–Crippen MR) is 56.4 cm³/mol. The molecular formula is C11H14N2O2. The van der Waals surface area contributed by atoms with E-state index in [0.29, 0.717) is 12.4 Å². The van der Waals surface area contributed by atoms with Crippen molar-refractivity contribution in [2.45, 2.75) is 19.4 Å². The summed E-state index contributed by atoms with van der Waals surface area (Å²) in [5.74, 6) is 0.494. The van der Waals surface area contributed by atoms with Crippen LogP contribution in [0.15, 0.2) is 18.2 Å². The Morgan fingerprint density at radius 2 is 2.33 bits per heavy atom. The van der Waals surface area contributed by atoms with Gasteiger partial charge in [0, 0.05) is 6.04 Å². The second kappa shape index (κ2) is 5.23. The number of phenolic OH excluding ortho intramolecular Hbond substituents is 1. The molecule has 4 nitrogen and oxygen atoms in total. The topological polar surface area (TPSA) is 79.3 Å². The molecule has 0 aromatic heterocycles. The molecule has 0 bridgehead atoms. The van der Waals surface area contributed by atoms with Crippen molar-refractivity contribution in [3.63, 3.8) is 0 Å². The van der Waals surface area contributed by atoms with Crippen LogP contribution in [0.25, 0.3) is 0 Å². The molecule has 0 aliphatic rings. The minimum Gasteiger partial charge on any atom is -0.504 e. The maximum atomic E-state index is 9.45. The number of hydrogen-bond acceptors (Lipinski definition) is 4. The molecule has 1 atom stereocenters. The number of nitrogens with zero attached hydrogens (tertiary/aromatic N) is 1. The average molecular weight is 206 g/mol. The van der Waals surface area contributed by atoms with Gasteiger partial charge in [-0.05, 0) is 24.6 Å². The summed E-state index contributed by atoms with van der Waals surface area (Å²) >= 11 is 0. The Morgan fingerprint density at radius 1 is 1.60 bits per heavy atom. The second-order valence-electron chi connectivity index (χ2n) is 3.13. The molecule has 0 aliphatic carbocycles. The van der Waals surface area contributed by atoms with Gasteiger partial charge in [0.05, 0.1) is 19.1 Å². The van der Waals surface area contributed by atoms with Crippen molar-refractivity contribution in [2.24, 2.45) is 5.73 Å². The summed E-state index contributed by atoms with van der Waals surface area (Å²) in [6, 6.07) is 6.55. The van der Waals surface area contributed by atoms with Gasteiger partial charge >= 0.3 is 0 Å². The highest BCUT2D eigenvalue weighted by molar-refractivity contribution is 5.42. The van der Waals surface area contributed by atoms with Gasteiger partial charge in [-0.2, -0.15) is 5.26 Å². The van der Waals surface area contributed by atoms with Crippen molar-refractivity contribution in [3.8, 4) is 17.6 Å². The molecule has 3 N–H and O–H groups in total. The van der Waals surface area contributed by atoms with E-state index in [1.807, 2.05) is 13.0 Å². The van der Waals surface area contributed by atoms with Crippen LogP contribution in [0.1, 0.15) is 24.9 Å². The molecular weight excluding hydrogens is 192 g/mol. The first-order valence-electron chi connectivity index (χ1n) is 4.77. The van der Waals surface area contributed by atoms with Gasteiger partial charge in [-0.1, -0.05) is 6.07 Å². The van der Waals surface area contributed by atoms with E-state index in [4.69, 9.17) is 15.7 Å². The molecule has 0 saturated carbocycles. The van der Waals surface area contributed by atoms with Crippen LogP contribution in [0.2, 0.25) is 0 Å². The molecule has 0 spiro atoms. The monoisotopic (exact) mass is 206 g/mol. The number of nitrogens with two attached hydrogens (primary N) is 1. The summed E-state index contributed by atoms with van der Waals surface area (Å²) in [5, 5.41) is 18.0. The Bertz CT molecular complexity index is 371. The lowest BCUT2D eigenvalue weighted by molar-refractivity contribution is 0.317. The van der Waals surface area contributed by atoms with E-state index in [-0.39, 0.29) is 18.2 Å². The maximum Gasteiger partial charge on any atom is 0.161 e. The standard InChI is InChI=1S/C11H14N2O2/c1-2-15-11-7-8(3-4-10(11)14)9(13)5-6-12/h3-4,7,9,14H,2,5,13H2,1H3/t9-/m0/s1. The summed E-state index contributed by atoms with van der Waals surface area (Å²) in [5.41, 5.74) is 6.55. The van der Waals surface area contributed by atoms with Gasteiger partial charge in [0.25, 0.3) is 0 Å². The first kappa shape index (κ1) is 11.3. The number of phenols is 1. The van der Waals surface area contributed by atoms with Gasteiger partial charge in [0.2, 0.25) is 0 Å². The number of nitriles is 1. The summed E-state index contributed by atoms with van der Waals surface area (Å²) in [7, 11) is 0. The van der Waals surface area contributed by atoms with Gasteiger partial charge in [-0.3, -0.25) is 0 Å². The fourth-order valence-corrected chi connectivity index (χ4v) is 1.25. The van der Waals surface area contributed by atoms with Gasteiger partial charge < -0.3 is 15.6 Å². The van der Waals surface area contributed by atoms with E-state index in [0.717, 1.165) is 5.56 Å². The molecule has 0 saturated heterocycles. The Labute approximate surface area is 88.9 Å². The smallest absolute Gasteiger partial charge is 0.161 e. The Morgan fingerprint density at radius 3 is 2.93 bits per heavy atom. The SMILES string of the molecule is CCOc1cc([C@@H](N)CC#N)ccc1O. The predicted octanol–water partition coefficient (Wildman–Crippen LogP) is 1.70. The van der Waals surface area contributed by atoms with Gasteiger partial charge in [-0.15, -0.1) is 0 Å². The quantitative estimate of drug-likeness (QED) is 0.785. The summed E-state index contributed by atoms with van der Waals surface area (Å²) in [6.07, 6.45) is 0.246. The minimum atomic E-state index is -0.338. The third kappa shape index (κ3) is 2.86. The van der Waals surface area contributed by atoms with E-state index in [1.54, 1.807) is 12.1 Å². The lowest BCUT2D eigenvalue weighted by atomic mass is 10.0. The van der Waals surface area contributed by atoms with Gasteiger partial charge in [0.15, 0.2) is 11.5 Å². The molecule has 1 rings (SSSR count). The Kier molecular flexibility index (Phi) is 3.95. The van der Waals surface area contributed by atoms with Crippen LogP contribution in [0.5, 0.6) is 11.5 Å². The van der Waals surface area contributed by atoms with Crippen molar-refractivity contribution in [2.75, 3.05) is 6.61 Å². The van der Waals surface area contributed by atoms with Crippen LogP contribution >= 0.6 is 0 Å². The zero-order valence-corrected chi connectivity index (χ0v) is 8.60. The normalized spacial score (nSPS) is 11.8. The molecule has 0 heterocycles. The highest BCUT2D eigenvalue weighted by atomic mass is 16.5. The fourth-order valence-electron chi connectivity index (χ4n) is 1.25. The van der Waals surface area contributed by atoms with Crippen molar-refractivity contribution >= 4 is 0 Å². The lowest BCUT2D eigenvalue weighted by Gasteiger charge is -2.11. The lowest BCUT2D eigenvalue weighted by Crippen LogP contribution is -2.09. The molecule has 0 aliphatic heterocycles. The Hall–Kier alpha value is -1.73. The van der Waals surface area contributed by atoms with Crippen molar-refractivity contribution in [1.29, 1.82) is 5.26 Å². The molecule has 1 aromatic rings. The number of benzene rings is 1. The fraction of sp³-hybridized carbons (Fsp3) is 0.364. The largest absolute Gasteiger partial charge is 0.504 e. The second-order valence-corrected chi connectivity index (χ2v) is 3.13. The summed E-state index contributed by atoms with van der Waals surface area (Å²) in [4.78, 5) is 0. The van der Waals surface area contributed by atoms with E-state index in [2.05, 4.69) is 0 Å². The highest BCUT2D eigenvalue weighted by Crippen LogP contribution is 2.29. The third-order valence-electron chi connectivity index (χ3n) is 2.02. The molecule has 1 aromatic carbocycles. The summed E-state index contributed by atoms with van der Waals surface area (Å²) in [6.45, 7) is 2.31. The number of hydrogen-bond donors (Lipinski definition) is 2. The van der Waals surface area contributed by atoms with E-state index in [9.17, 15) is 5.11 Å². The average Bonchev–Trinajstić information content (AvgIpc) is 2.22. The van der Waals surface area contributed by atoms with Gasteiger partial charge in [-0.25, -0.2) is 0 Å². The molecule has 0 amide bonds. The van der Waals surface area contributed by atoms with Gasteiger partial charge in [0.1, 0.15) is 0 Å². The number of aromatic hydroxyl groups is 1. The molecule has 0 radical (unpaired) electrons. The minimum absolute atomic E-state index is 0.0877. The van der Waals surface area contributed by atoms with Crippen LogP contribution in [-0.2, 0) is 0 Å². The van der Waals surface area contributed by atoms with Crippen LogP contribution in [0.3, 0.4) is 0 Å². The van der Waals surface area contributed by atoms with Crippen LogP contribution < -0.4 is 10.5 Å². The van der Waals surface area contributed by atoms with Crippen LogP contribution in [0, 0.1) is 11.3 Å². The third-order valence-corrected chi connectivity index (χ3v) is 2.02. The van der Waals surface area contributed by atoms with Crippen LogP contribution in [0.4, 0.5) is 0 Å². The highest BCUT2D eigenvalue weighted by Gasteiger charge is 2.09. The van der Waals surface area contributed by atoms with Crippen molar-refractivity contribution in [1.82, 2.24) is 0 Å². The zero-order valence-electron chi connectivity index (χ0n) is 8.60. The zero-order chi connectivity index (χ0) is 11.3. The Balaban J connectivity index is 2.92. The van der Waals surface area contributed by atoms with Crippen molar-refractivity contribution < 1.29 is 9.84 Å². The molecule has 80 valence electrons. The van der Waals surface area contributed by atoms with E-state index in [1.165, 1.54) is 6.07 Å². The van der Waals surface area contributed by atoms with E-state index >= 15 is 0 Å². The molecule has 0 unspecified atom stereocenters. The first-order valence-corrected chi connectivity index (χ1v) is 4.77. The van der Waals surface area contributed by atoms with E-state index < -0.39 is 0 Å².